The van der Waals surface area contributed by atoms with Crippen LogP contribution in [0.5, 0.6) is 0 Å². The summed E-state index contributed by atoms with van der Waals surface area (Å²) in [6, 6.07) is 4.64. The summed E-state index contributed by atoms with van der Waals surface area (Å²) >= 11 is 5.95. The Balaban J connectivity index is 1.61. The summed E-state index contributed by atoms with van der Waals surface area (Å²) in [6.45, 7) is -0.151. The fourth-order valence-electron chi connectivity index (χ4n) is 3.52. The van der Waals surface area contributed by atoms with Gasteiger partial charge in [-0.2, -0.15) is 0 Å². The Morgan fingerprint density at radius 2 is 2.04 bits per heavy atom. The summed E-state index contributed by atoms with van der Waals surface area (Å²) in [6.07, 6.45) is 3.57. The molecule has 2 heterocycles. The first-order valence-electron chi connectivity index (χ1n) is 8.50. The molecule has 1 unspecified atom stereocenters. The van der Waals surface area contributed by atoms with Crippen LogP contribution in [-0.4, -0.2) is 52.4 Å². The summed E-state index contributed by atoms with van der Waals surface area (Å²) < 4.78 is 24.8. The largest absolute Gasteiger partial charge is 0.334 e. The first kappa shape index (κ1) is 17.5. The molecule has 1 aromatic carbocycles. The molecule has 1 saturated carbocycles. The molecule has 7 nitrogen and oxygen atoms in total. The van der Waals surface area contributed by atoms with E-state index in [0.717, 1.165) is 12.8 Å². The van der Waals surface area contributed by atoms with Crippen LogP contribution in [0.2, 0.25) is 5.02 Å². The maximum Gasteiger partial charge on any atom is 0.261 e. The molecule has 0 bridgehead atoms. The molecule has 0 spiro atoms. The molecule has 1 aliphatic carbocycles. The van der Waals surface area contributed by atoms with Crippen LogP contribution >= 0.6 is 11.6 Å². The Kier molecular flexibility index (Phi) is 4.27. The molecule has 26 heavy (non-hydrogen) atoms. The van der Waals surface area contributed by atoms with Gasteiger partial charge in [-0.05, 0) is 37.5 Å². The minimum atomic E-state index is -3.08. The SMILES string of the molecule is O=C(Cn1cnc2ccc(Cl)cc2c1=O)N(C1CC1)C1CCS(=O)(=O)C1. The minimum absolute atomic E-state index is 0.00964. The van der Waals surface area contributed by atoms with Crippen molar-refractivity contribution in [3.63, 3.8) is 0 Å². The molecular formula is C17H18ClN3O4S. The molecule has 2 fully saturated rings. The lowest BCUT2D eigenvalue weighted by Gasteiger charge is -2.28. The molecule has 2 aromatic rings. The number of carbonyl (C=O) groups is 1. The number of sulfone groups is 1. The molecule has 4 rings (SSSR count). The van der Waals surface area contributed by atoms with E-state index in [1.807, 2.05) is 0 Å². The molecule has 0 N–H and O–H groups in total. The number of rotatable bonds is 4. The summed E-state index contributed by atoms with van der Waals surface area (Å²) in [5, 5.41) is 0.783. The van der Waals surface area contributed by atoms with Gasteiger partial charge in [0.05, 0.1) is 28.7 Å². The predicted molar refractivity (Wildman–Crippen MR) is 97.9 cm³/mol. The highest BCUT2D eigenvalue weighted by Gasteiger charge is 2.42. The monoisotopic (exact) mass is 395 g/mol. The summed E-state index contributed by atoms with van der Waals surface area (Å²) in [5.41, 5.74) is 0.185. The number of benzene rings is 1. The van der Waals surface area contributed by atoms with Gasteiger partial charge in [0, 0.05) is 17.1 Å². The van der Waals surface area contributed by atoms with Crippen molar-refractivity contribution in [1.29, 1.82) is 0 Å². The van der Waals surface area contributed by atoms with E-state index in [0.29, 0.717) is 22.3 Å². The fourth-order valence-corrected chi connectivity index (χ4v) is 5.41. The lowest BCUT2D eigenvalue weighted by molar-refractivity contribution is -0.134. The van der Waals surface area contributed by atoms with Crippen LogP contribution in [0.4, 0.5) is 0 Å². The van der Waals surface area contributed by atoms with E-state index in [2.05, 4.69) is 4.98 Å². The first-order valence-corrected chi connectivity index (χ1v) is 10.7. The summed E-state index contributed by atoms with van der Waals surface area (Å²) in [5.74, 6) is -0.111. The van der Waals surface area contributed by atoms with Crippen LogP contribution < -0.4 is 5.56 Å². The molecule has 0 radical (unpaired) electrons. The van der Waals surface area contributed by atoms with Crippen LogP contribution in [-0.2, 0) is 21.2 Å². The van der Waals surface area contributed by atoms with Crippen molar-refractivity contribution < 1.29 is 13.2 Å². The predicted octanol–water partition coefficient (Wildman–Crippen LogP) is 1.23. The number of carbonyl (C=O) groups excluding carboxylic acids is 1. The minimum Gasteiger partial charge on any atom is -0.334 e. The zero-order chi connectivity index (χ0) is 18.5. The Morgan fingerprint density at radius 1 is 1.27 bits per heavy atom. The number of hydrogen-bond donors (Lipinski definition) is 0. The average Bonchev–Trinajstić information content (AvgIpc) is 3.34. The Hall–Kier alpha value is -1.93. The van der Waals surface area contributed by atoms with Crippen LogP contribution in [0.15, 0.2) is 29.3 Å². The van der Waals surface area contributed by atoms with Gasteiger partial charge in [-0.3, -0.25) is 14.2 Å². The van der Waals surface area contributed by atoms with Crippen molar-refractivity contribution in [1.82, 2.24) is 14.5 Å². The molecule has 1 atom stereocenters. The van der Waals surface area contributed by atoms with Gasteiger partial charge in [-0.15, -0.1) is 0 Å². The molecule has 9 heteroatoms. The zero-order valence-corrected chi connectivity index (χ0v) is 15.5. The molecule has 1 aromatic heterocycles. The van der Waals surface area contributed by atoms with Crippen molar-refractivity contribution in [2.45, 2.75) is 37.9 Å². The van der Waals surface area contributed by atoms with Crippen molar-refractivity contribution in [2.75, 3.05) is 11.5 Å². The van der Waals surface area contributed by atoms with Crippen LogP contribution in [0, 0.1) is 0 Å². The highest BCUT2D eigenvalue weighted by Crippen LogP contribution is 2.32. The number of hydrogen-bond acceptors (Lipinski definition) is 5. The van der Waals surface area contributed by atoms with E-state index in [1.54, 1.807) is 17.0 Å². The average molecular weight is 396 g/mol. The normalized spacial score (nSPS) is 21.8. The standard InChI is InChI=1S/C17H18ClN3O4S/c18-11-1-4-15-14(7-11)17(23)20(10-19-15)8-16(22)21(12-2-3-12)13-5-6-26(24,25)9-13/h1,4,7,10,12-13H,2-3,5-6,8-9H2. The van der Waals surface area contributed by atoms with E-state index in [9.17, 15) is 18.0 Å². The van der Waals surface area contributed by atoms with E-state index >= 15 is 0 Å². The smallest absolute Gasteiger partial charge is 0.261 e. The van der Waals surface area contributed by atoms with Gasteiger partial charge < -0.3 is 4.90 Å². The van der Waals surface area contributed by atoms with Crippen molar-refractivity contribution in [3.8, 4) is 0 Å². The van der Waals surface area contributed by atoms with Gasteiger partial charge in [-0.1, -0.05) is 11.6 Å². The van der Waals surface area contributed by atoms with E-state index < -0.39 is 9.84 Å². The third-order valence-electron chi connectivity index (χ3n) is 4.92. The third kappa shape index (κ3) is 3.35. The van der Waals surface area contributed by atoms with Gasteiger partial charge in [0.1, 0.15) is 6.54 Å². The number of nitrogens with zero attached hydrogens (tertiary/aromatic N) is 3. The highest BCUT2D eigenvalue weighted by molar-refractivity contribution is 7.91. The Morgan fingerprint density at radius 3 is 2.69 bits per heavy atom. The number of fused-ring (bicyclic) bond motifs is 1. The lowest BCUT2D eigenvalue weighted by Crippen LogP contribution is -2.45. The highest BCUT2D eigenvalue weighted by atomic mass is 35.5. The summed E-state index contributed by atoms with van der Waals surface area (Å²) in [7, 11) is -3.08. The Labute approximate surface area is 155 Å². The van der Waals surface area contributed by atoms with E-state index in [1.165, 1.54) is 17.0 Å². The van der Waals surface area contributed by atoms with E-state index in [-0.39, 0.29) is 41.6 Å². The molecule has 138 valence electrons. The second-order valence-electron chi connectivity index (χ2n) is 6.93. The maximum absolute atomic E-state index is 12.9. The molecule has 1 amide bonds. The second-order valence-corrected chi connectivity index (χ2v) is 9.59. The van der Waals surface area contributed by atoms with Gasteiger partial charge in [0.2, 0.25) is 5.91 Å². The van der Waals surface area contributed by atoms with Gasteiger partial charge in [0.25, 0.3) is 5.56 Å². The number of amides is 1. The quantitative estimate of drug-likeness (QED) is 0.776. The molecule has 1 aliphatic heterocycles. The van der Waals surface area contributed by atoms with Crippen LogP contribution in [0.3, 0.4) is 0 Å². The molecular weight excluding hydrogens is 378 g/mol. The van der Waals surface area contributed by atoms with Crippen LogP contribution in [0.25, 0.3) is 10.9 Å². The molecule has 1 saturated heterocycles. The van der Waals surface area contributed by atoms with E-state index in [4.69, 9.17) is 11.6 Å². The van der Waals surface area contributed by atoms with Gasteiger partial charge >= 0.3 is 0 Å². The lowest BCUT2D eigenvalue weighted by atomic mass is 10.2. The summed E-state index contributed by atoms with van der Waals surface area (Å²) in [4.78, 5) is 31.4. The number of halogens is 1. The van der Waals surface area contributed by atoms with Crippen LogP contribution in [0.1, 0.15) is 19.3 Å². The van der Waals surface area contributed by atoms with Gasteiger partial charge in [0.15, 0.2) is 9.84 Å². The Bertz CT molecular complexity index is 1050. The maximum atomic E-state index is 12.9. The second kappa shape index (κ2) is 6.35. The zero-order valence-electron chi connectivity index (χ0n) is 14.0. The first-order chi connectivity index (χ1) is 12.3. The van der Waals surface area contributed by atoms with Crippen molar-refractivity contribution >= 4 is 38.2 Å². The van der Waals surface area contributed by atoms with Gasteiger partial charge in [-0.25, -0.2) is 13.4 Å². The van der Waals surface area contributed by atoms with Crippen molar-refractivity contribution in [2.24, 2.45) is 0 Å². The fraction of sp³-hybridized carbons (Fsp3) is 0.471. The molecule has 2 aliphatic rings. The third-order valence-corrected chi connectivity index (χ3v) is 6.91. The topological polar surface area (TPSA) is 89.3 Å². The van der Waals surface area contributed by atoms with Crippen molar-refractivity contribution in [3.05, 3.63) is 39.9 Å². The number of aromatic nitrogens is 2.